The van der Waals surface area contributed by atoms with Gasteiger partial charge < -0.3 is 9.64 Å². The Bertz CT molecular complexity index is 820. The number of rotatable bonds is 5. The minimum Gasteiger partial charge on any atom is -0.469 e. The van der Waals surface area contributed by atoms with Crippen molar-refractivity contribution in [1.82, 2.24) is 4.90 Å². The molecule has 1 aromatic rings. The van der Waals surface area contributed by atoms with Crippen LogP contribution in [0, 0.1) is 17.8 Å². The van der Waals surface area contributed by atoms with Gasteiger partial charge in [-0.2, -0.15) is 0 Å². The Morgan fingerprint density at radius 3 is 2.81 bits per heavy atom. The summed E-state index contributed by atoms with van der Waals surface area (Å²) in [6, 6.07) is 6.53. The molecule has 0 aromatic heterocycles. The molecule has 0 N–H and O–H groups in total. The van der Waals surface area contributed by atoms with Gasteiger partial charge >= 0.3 is 5.97 Å². The maximum atomic E-state index is 13.4. The highest BCUT2D eigenvalue weighted by Gasteiger charge is 2.56. The number of hydrogen-bond donors (Lipinski definition) is 0. The van der Waals surface area contributed by atoms with Gasteiger partial charge in [-0.3, -0.25) is 14.6 Å². The summed E-state index contributed by atoms with van der Waals surface area (Å²) in [7, 11) is 1.38. The van der Waals surface area contributed by atoms with Crippen LogP contribution in [0.4, 0.5) is 5.69 Å². The quantitative estimate of drug-likeness (QED) is 0.662. The van der Waals surface area contributed by atoms with E-state index in [0.717, 1.165) is 35.1 Å². The number of ether oxygens (including phenoxy) is 1. The first-order valence-electron chi connectivity index (χ1n) is 9.64. The predicted molar refractivity (Wildman–Crippen MR) is 107 cm³/mol. The van der Waals surface area contributed by atoms with E-state index in [1.807, 2.05) is 26.0 Å². The summed E-state index contributed by atoms with van der Waals surface area (Å²) in [6.45, 7) is 4.00. The van der Waals surface area contributed by atoms with Gasteiger partial charge in [-0.05, 0) is 48.4 Å². The van der Waals surface area contributed by atoms with E-state index in [1.54, 1.807) is 0 Å². The monoisotopic (exact) mass is 432 g/mol. The zero-order chi connectivity index (χ0) is 19.3. The molecular formula is C21H25BrN2O3. The molecule has 5 nitrogen and oxygen atoms in total. The molecule has 0 bridgehead atoms. The van der Waals surface area contributed by atoms with Crippen LogP contribution in [-0.2, 0) is 20.7 Å². The summed E-state index contributed by atoms with van der Waals surface area (Å²) in [5, 5.41) is 0. The fourth-order valence-electron chi connectivity index (χ4n) is 4.52. The first-order valence-corrected chi connectivity index (χ1v) is 10.4. The summed E-state index contributed by atoms with van der Waals surface area (Å²) in [6.07, 6.45) is 3.02. The fourth-order valence-corrected chi connectivity index (χ4v) is 4.93. The van der Waals surface area contributed by atoms with E-state index in [9.17, 15) is 9.59 Å². The molecule has 0 radical (unpaired) electrons. The topological polar surface area (TPSA) is 59.0 Å². The van der Waals surface area contributed by atoms with Crippen molar-refractivity contribution in [3.05, 3.63) is 28.2 Å². The van der Waals surface area contributed by atoms with Crippen LogP contribution in [0.2, 0.25) is 0 Å². The number of likely N-dealkylation sites (tertiary alicyclic amines) is 1. The van der Waals surface area contributed by atoms with E-state index in [4.69, 9.17) is 9.73 Å². The van der Waals surface area contributed by atoms with E-state index in [-0.39, 0.29) is 36.2 Å². The van der Waals surface area contributed by atoms with E-state index >= 15 is 0 Å². The molecule has 3 aliphatic rings. The van der Waals surface area contributed by atoms with Gasteiger partial charge in [0, 0.05) is 22.6 Å². The van der Waals surface area contributed by atoms with E-state index < -0.39 is 0 Å². The third-order valence-corrected chi connectivity index (χ3v) is 6.65. The number of esters is 1. The summed E-state index contributed by atoms with van der Waals surface area (Å²) in [5.74, 6) is 0.112. The standard InChI is InChI=1S/C21H25BrN2O3/c1-11(2)15(10-20(25)27-3)21(26)24-18-8-13(18)9-19(24)17-7-12-6-14(22)4-5-16(12)23-17/h4-6,11,13,15,18-19H,7-10H2,1-3H3/t13?,15-,18?,19-/m0/s1. The number of aliphatic imine (C=N–C) groups is 1. The molecule has 2 heterocycles. The first kappa shape index (κ1) is 18.7. The Labute approximate surface area is 168 Å². The Kier molecular flexibility index (Phi) is 4.87. The van der Waals surface area contributed by atoms with Crippen LogP contribution < -0.4 is 0 Å². The van der Waals surface area contributed by atoms with Crippen molar-refractivity contribution >= 4 is 39.2 Å². The second kappa shape index (κ2) is 7.04. The van der Waals surface area contributed by atoms with Crippen LogP contribution >= 0.6 is 15.9 Å². The lowest BCUT2D eigenvalue weighted by Crippen LogP contribution is -2.47. The number of fused-ring (bicyclic) bond motifs is 2. The van der Waals surface area contributed by atoms with Crippen molar-refractivity contribution < 1.29 is 14.3 Å². The van der Waals surface area contributed by atoms with Crippen LogP contribution in [0.15, 0.2) is 27.7 Å². The van der Waals surface area contributed by atoms with Crippen molar-refractivity contribution in [3.8, 4) is 0 Å². The van der Waals surface area contributed by atoms with Crippen LogP contribution in [0.3, 0.4) is 0 Å². The van der Waals surface area contributed by atoms with Gasteiger partial charge in [-0.25, -0.2) is 0 Å². The SMILES string of the molecule is COC(=O)C[C@H](C(=O)N1C2CC2C[C@H]1C1=Nc2ccc(Br)cc2C1)C(C)C. The first-order chi connectivity index (χ1) is 12.9. The Morgan fingerprint density at radius 2 is 2.11 bits per heavy atom. The molecule has 2 fully saturated rings. The molecule has 0 spiro atoms. The third-order valence-electron chi connectivity index (χ3n) is 6.16. The number of benzene rings is 1. The molecule has 1 aromatic carbocycles. The Balaban J connectivity index is 1.56. The van der Waals surface area contributed by atoms with Gasteiger partial charge in [-0.15, -0.1) is 0 Å². The van der Waals surface area contributed by atoms with Gasteiger partial charge in [0.1, 0.15) is 0 Å². The molecule has 6 heteroatoms. The zero-order valence-electron chi connectivity index (χ0n) is 15.9. The number of hydrogen-bond acceptors (Lipinski definition) is 4. The highest BCUT2D eigenvalue weighted by molar-refractivity contribution is 9.10. The molecular weight excluding hydrogens is 408 g/mol. The third kappa shape index (κ3) is 3.44. The molecule has 4 atom stereocenters. The highest BCUT2D eigenvalue weighted by atomic mass is 79.9. The highest BCUT2D eigenvalue weighted by Crippen LogP contribution is 2.50. The lowest BCUT2D eigenvalue weighted by molar-refractivity contribution is -0.148. The summed E-state index contributed by atoms with van der Waals surface area (Å²) >= 11 is 3.53. The average Bonchev–Trinajstić information content (AvgIpc) is 3.10. The van der Waals surface area contributed by atoms with E-state index in [1.165, 1.54) is 12.7 Å². The van der Waals surface area contributed by atoms with Crippen molar-refractivity contribution in [2.75, 3.05) is 7.11 Å². The Morgan fingerprint density at radius 1 is 1.33 bits per heavy atom. The van der Waals surface area contributed by atoms with Gasteiger partial charge in [-0.1, -0.05) is 29.8 Å². The molecule has 1 aliphatic carbocycles. The molecule has 1 saturated carbocycles. The smallest absolute Gasteiger partial charge is 0.306 e. The van der Waals surface area contributed by atoms with Gasteiger partial charge in [0.2, 0.25) is 5.91 Å². The lowest BCUT2D eigenvalue weighted by Gasteiger charge is -2.32. The van der Waals surface area contributed by atoms with Crippen molar-refractivity contribution in [2.45, 2.75) is 51.6 Å². The second-order valence-electron chi connectivity index (χ2n) is 8.24. The number of halogens is 1. The summed E-state index contributed by atoms with van der Waals surface area (Å²) in [5.41, 5.74) is 3.31. The predicted octanol–water partition coefficient (Wildman–Crippen LogP) is 3.90. The normalized spacial score (nSPS) is 26.5. The van der Waals surface area contributed by atoms with Gasteiger partial charge in [0.25, 0.3) is 0 Å². The minimum atomic E-state index is -0.335. The van der Waals surface area contributed by atoms with Gasteiger partial charge in [0.05, 0.1) is 31.2 Å². The van der Waals surface area contributed by atoms with Crippen molar-refractivity contribution in [1.29, 1.82) is 0 Å². The van der Waals surface area contributed by atoms with E-state index in [2.05, 4.69) is 26.9 Å². The maximum Gasteiger partial charge on any atom is 0.306 e. The largest absolute Gasteiger partial charge is 0.469 e. The van der Waals surface area contributed by atoms with Crippen molar-refractivity contribution in [3.63, 3.8) is 0 Å². The molecule has 27 heavy (non-hydrogen) atoms. The molecule has 144 valence electrons. The summed E-state index contributed by atoms with van der Waals surface area (Å²) in [4.78, 5) is 32.2. The number of methoxy groups -OCH3 is 1. The van der Waals surface area contributed by atoms with Crippen LogP contribution in [0.1, 0.15) is 38.7 Å². The molecule has 2 aliphatic heterocycles. The number of nitrogens with zero attached hydrogens (tertiary/aromatic N) is 2. The summed E-state index contributed by atoms with van der Waals surface area (Å²) < 4.78 is 5.88. The van der Waals surface area contributed by atoms with Crippen LogP contribution in [0.5, 0.6) is 0 Å². The molecule has 1 saturated heterocycles. The van der Waals surface area contributed by atoms with Crippen molar-refractivity contribution in [2.24, 2.45) is 22.7 Å². The number of piperidine rings is 1. The fraction of sp³-hybridized carbons (Fsp3) is 0.571. The van der Waals surface area contributed by atoms with Gasteiger partial charge in [0.15, 0.2) is 0 Å². The lowest BCUT2D eigenvalue weighted by atomic mass is 9.90. The average molecular weight is 433 g/mol. The van der Waals surface area contributed by atoms with Crippen LogP contribution in [0.25, 0.3) is 0 Å². The minimum absolute atomic E-state index is 0.0614. The maximum absolute atomic E-state index is 13.4. The van der Waals surface area contributed by atoms with E-state index in [0.29, 0.717) is 12.0 Å². The Hall–Kier alpha value is -1.69. The molecule has 2 unspecified atom stereocenters. The molecule has 1 amide bonds. The second-order valence-corrected chi connectivity index (χ2v) is 9.16. The molecule has 4 rings (SSSR count). The number of carbonyl (C=O) groups excluding carboxylic acids is 2. The van der Waals surface area contributed by atoms with Crippen LogP contribution in [-0.4, -0.2) is 41.7 Å². The zero-order valence-corrected chi connectivity index (χ0v) is 17.5. The number of carbonyl (C=O) groups is 2. The number of amides is 1.